The number of piperidine rings is 1. The number of amides is 2. The van der Waals surface area contributed by atoms with Crippen LogP contribution in [0.2, 0.25) is 0 Å². The van der Waals surface area contributed by atoms with E-state index in [1.165, 1.54) is 0 Å². The van der Waals surface area contributed by atoms with Crippen molar-refractivity contribution < 1.29 is 9.59 Å². The molecule has 1 unspecified atom stereocenters. The van der Waals surface area contributed by atoms with Gasteiger partial charge in [-0.3, -0.25) is 9.59 Å². The smallest absolute Gasteiger partial charge is 0.224 e. The van der Waals surface area contributed by atoms with Crippen LogP contribution in [0.25, 0.3) is 0 Å². The fourth-order valence-corrected chi connectivity index (χ4v) is 2.24. The summed E-state index contributed by atoms with van der Waals surface area (Å²) in [5, 5.41) is 5.69. The normalized spacial score (nSPS) is 18.8. The monoisotopic (exact) mass is 261 g/mol. The van der Waals surface area contributed by atoms with Crippen LogP contribution in [0.4, 0.5) is 0 Å². The highest BCUT2D eigenvalue weighted by molar-refractivity contribution is 5.80. The molecule has 0 saturated carbocycles. The van der Waals surface area contributed by atoms with Crippen LogP contribution in [0.3, 0.4) is 0 Å². The molecule has 2 amide bonds. The predicted molar refractivity (Wildman–Crippen MR) is 72.2 cm³/mol. The Hall–Kier alpha value is -1.88. The topological polar surface area (TPSA) is 84.2 Å². The van der Waals surface area contributed by atoms with Gasteiger partial charge in [-0.05, 0) is 17.5 Å². The van der Waals surface area contributed by atoms with Crippen molar-refractivity contribution in [2.24, 2.45) is 5.73 Å². The Bertz CT molecular complexity index is 464. The number of carbonyl (C=O) groups is 2. The van der Waals surface area contributed by atoms with Gasteiger partial charge in [0.15, 0.2) is 0 Å². The summed E-state index contributed by atoms with van der Waals surface area (Å²) in [5.41, 5.74) is 7.60. The molecule has 1 aromatic rings. The molecule has 1 saturated heterocycles. The fraction of sp³-hybridized carbons (Fsp3) is 0.429. The Labute approximate surface area is 112 Å². The highest BCUT2D eigenvalue weighted by Crippen LogP contribution is 2.09. The van der Waals surface area contributed by atoms with Gasteiger partial charge in [0.2, 0.25) is 11.8 Å². The third-order valence-electron chi connectivity index (χ3n) is 3.32. The number of nitrogens with one attached hydrogen (secondary N) is 2. The lowest BCUT2D eigenvalue weighted by molar-refractivity contribution is -0.125. The van der Waals surface area contributed by atoms with Crippen molar-refractivity contribution in [1.29, 1.82) is 0 Å². The molecule has 1 atom stereocenters. The van der Waals surface area contributed by atoms with Gasteiger partial charge in [0.1, 0.15) is 0 Å². The molecular weight excluding hydrogens is 242 g/mol. The second-order valence-corrected chi connectivity index (χ2v) is 4.76. The Morgan fingerprint density at radius 3 is 2.74 bits per heavy atom. The molecule has 5 heteroatoms. The fourth-order valence-electron chi connectivity index (χ4n) is 2.24. The van der Waals surface area contributed by atoms with E-state index in [9.17, 15) is 9.59 Å². The van der Waals surface area contributed by atoms with E-state index in [2.05, 4.69) is 10.6 Å². The molecule has 1 fully saturated rings. The molecule has 1 aromatic carbocycles. The highest BCUT2D eigenvalue weighted by Gasteiger charge is 2.19. The first-order valence-corrected chi connectivity index (χ1v) is 6.52. The maximum absolute atomic E-state index is 12.0. The lowest BCUT2D eigenvalue weighted by atomic mass is 10.0. The van der Waals surface area contributed by atoms with E-state index in [1.807, 2.05) is 24.3 Å². The van der Waals surface area contributed by atoms with Gasteiger partial charge in [-0.1, -0.05) is 24.3 Å². The van der Waals surface area contributed by atoms with Gasteiger partial charge in [-0.25, -0.2) is 0 Å². The molecule has 19 heavy (non-hydrogen) atoms. The summed E-state index contributed by atoms with van der Waals surface area (Å²) in [6.45, 7) is 0.950. The van der Waals surface area contributed by atoms with E-state index in [4.69, 9.17) is 5.73 Å². The van der Waals surface area contributed by atoms with Gasteiger partial charge in [-0.2, -0.15) is 0 Å². The van der Waals surface area contributed by atoms with Crippen molar-refractivity contribution in [3.05, 3.63) is 35.4 Å². The summed E-state index contributed by atoms with van der Waals surface area (Å²) in [4.78, 5) is 23.0. The van der Waals surface area contributed by atoms with Crippen LogP contribution in [0.1, 0.15) is 24.0 Å². The minimum absolute atomic E-state index is 0.0259. The predicted octanol–water partition coefficient (Wildman–Crippen LogP) is 0.0826. The van der Waals surface area contributed by atoms with Crippen molar-refractivity contribution in [3.8, 4) is 0 Å². The largest absolute Gasteiger partial charge is 0.354 e. The zero-order valence-corrected chi connectivity index (χ0v) is 10.8. The summed E-state index contributed by atoms with van der Waals surface area (Å²) in [7, 11) is 0. The van der Waals surface area contributed by atoms with Gasteiger partial charge in [0, 0.05) is 25.6 Å². The average molecular weight is 261 g/mol. The molecule has 0 spiro atoms. The van der Waals surface area contributed by atoms with Crippen LogP contribution in [-0.4, -0.2) is 24.4 Å². The summed E-state index contributed by atoms with van der Waals surface area (Å²) >= 11 is 0. The Kier molecular flexibility index (Phi) is 4.52. The first-order chi connectivity index (χ1) is 9.19. The van der Waals surface area contributed by atoms with Crippen molar-refractivity contribution in [1.82, 2.24) is 10.6 Å². The molecule has 0 bridgehead atoms. The minimum Gasteiger partial charge on any atom is -0.354 e. The molecule has 0 aliphatic carbocycles. The quantitative estimate of drug-likeness (QED) is 0.718. The first kappa shape index (κ1) is 13.5. The molecule has 5 nitrogen and oxygen atoms in total. The highest BCUT2D eigenvalue weighted by atomic mass is 16.2. The van der Waals surface area contributed by atoms with Crippen molar-refractivity contribution in [3.63, 3.8) is 0 Å². The Morgan fingerprint density at radius 2 is 2.11 bits per heavy atom. The summed E-state index contributed by atoms with van der Waals surface area (Å²) in [5.74, 6) is 0.0287. The molecule has 1 aliphatic heterocycles. The minimum atomic E-state index is -0.0259. The van der Waals surface area contributed by atoms with Crippen molar-refractivity contribution >= 4 is 11.8 Å². The Balaban J connectivity index is 1.89. The standard InChI is InChI=1S/C14H19N3O2/c15-8-11-4-2-1-3-10(11)7-14(19)17-12-5-6-13(18)16-9-12/h1-4,12H,5-9,15H2,(H,16,18)(H,17,19). The van der Waals surface area contributed by atoms with Crippen molar-refractivity contribution in [2.75, 3.05) is 6.54 Å². The van der Waals surface area contributed by atoms with Gasteiger partial charge >= 0.3 is 0 Å². The van der Waals surface area contributed by atoms with E-state index in [-0.39, 0.29) is 17.9 Å². The van der Waals surface area contributed by atoms with Crippen molar-refractivity contribution in [2.45, 2.75) is 31.8 Å². The summed E-state index contributed by atoms with van der Waals surface area (Å²) < 4.78 is 0. The second-order valence-electron chi connectivity index (χ2n) is 4.76. The average Bonchev–Trinajstić information content (AvgIpc) is 2.42. The number of hydrogen-bond acceptors (Lipinski definition) is 3. The maximum Gasteiger partial charge on any atom is 0.224 e. The number of hydrogen-bond donors (Lipinski definition) is 3. The van der Waals surface area contributed by atoms with Crippen LogP contribution in [0.15, 0.2) is 24.3 Å². The molecule has 0 aromatic heterocycles. The number of rotatable bonds is 4. The lowest BCUT2D eigenvalue weighted by Crippen LogP contribution is -2.48. The van der Waals surface area contributed by atoms with Crippen LogP contribution >= 0.6 is 0 Å². The first-order valence-electron chi connectivity index (χ1n) is 6.52. The molecular formula is C14H19N3O2. The Morgan fingerprint density at radius 1 is 1.37 bits per heavy atom. The van der Waals surface area contributed by atoms with Gasteiger partial charge in [0.25, 0.3) is 0 Å². The van der Waals surface area contributed by atoms with Gasteiger partial charge < -0.3 is 16.4 Å². The molecule has 102 valence electrons. The van der Waals surface area contributed by atoms with E-state index in [1.54, 1.807) is 0 Å². The third kappa shape index (κ3) is 3.79. The van der Waals surface area contributed by atoms with Crippen LogP contribution < -0.4 is 16.4 Å². The molecule has 0 radical (unpaired) electrons. The summed E-state index contributed by atoms with van der Waals surface area (Å²) in [6.07, 6.45) is 1.51. The van der Waals surface area contributed by atoms with Crippen LogP contribution in [-0.2, 0) is 22.6 Å². The maximum atomic E-state index is 12.0. The van der Waals surface area contributed by atoms with Gasteiger partial charge in [-0.15, -0.1) is 0 Å². The number of nitrogens with two attached hydrogens (primary N) is 1. The third-order valence-corrected chi connectivity index (χ3v) is 3.32. The lowest BCUT2D eigenvalue weighted by Gasteiger charge is -2.23. The van der Waals surface area contributed by atoms with Crippen LogP contribution in [0, 0.1) is 0 Å². The zero-order chi connectivity index (χ0) is 13.7. The number of carbonyl (C=O) groups excluding carboxylic acids is 2. The number of benzene rings is 1. The zero-order valence-electron chi connectivity index (χ0n) is 10.8. The van der Waals surface area contributed by atoms with E-state index >= 15 is 0 Å². The molecule has 1 aliphatic rings. The summed E-state index contributed by atoms with van der Waals surface area (Å²) in [6, 6.07) is 7.71. The van der Waals surface area contributed by atoms with Crippen LogP contribution in [0.5, 0.6) is 0 Å². The van der Waals surface area contributed by atoms with E-state index in [0.717, 1.165) is 11.1 Å². The molecule has 1 heterocycles. The molecule has 2 rings (SSSR count). The van der Waals surface area contributed by atoms with E-state index < -0.39 is 0 Å². The second kappa shape index (κ2) is 6.33. The molecule has 4 N–H and O–H groups in total. The van der Waals surface area contributed by atoms with E-state index in [0.29, 0.717) is 32.4 Å². The van der Waals surface area contributed by atoms with Gasteiger partial charge in [0.05, 0.1) is 6.42 Å². The SMILES string of the molecule is NCc1ccccc1CC(=O)NC1CCC(=O)NC1.